The molecule has 1 aliphatic heterocycles. The van der Waals surface area contributed by atoms with Gasteiger partial charge in [0, 0.05) is 12.5 Å². The third kappa shape index (κ3) is 4.78. The summed E-state index contributed by atoms with van der Waals surface area (Å²) in [6.07, 6.45) is 5.09. The molecule has 1 N–H and O–H groups in total. The lowest BCUT2D eigenvalue weighted by molar-refractivity contribution is 0.190. The summed E-state index contributed by atoms with van der Waals surface area (Å²) in [6.45, 7) is 11.2. The van der Waals surface area contributed by atoms with Crippen LogP contribution in [0.3, 0.4) is 0 Å². The van der Waals surface area contributed by atoms with E-state index in [4.69, 9.17) is 4.52 Å². The highest BCUT2D eigenvalue weighted by atomic mass is 16.5. The highest BCUT2D eigenvalue weighted by molar-refractivity contribution is 5.18. The zero-order valence-corrected chi connectivity index (χ0v) is 13.1. The van der Waals surface area contributed by atoms with E-state index < -0.39 is 0 Å². The lowest BCUT2D eigenvalue weighted by Crippen LogP contribution is -2.33. The Hall–Kier alpha value is -1.10. The first-order valence-corrected chi connectivity index (χ1v) is 7.95. The quantitative estimate of drug-likeness (QED) is 0.778. The van der Waals surface area contributed by atoms with Crippen LogP contribution >= 0.6 is 0 Å². The van der Waals surface area contributed by atoms with Gasteiger partial charge in [-0.2, -0.15) is 4.98 Å². The molecule has 2 rings (SSSR count). The van der Waals surface area contributed by atoms with Gasteiger partial charge in [0.2, 0.25) is 0 Å². The van der Waals surface area contributed by atoms with E-state index in [1.165, 1.54) is 38.9 Å². The number of likely N-dealkylation sites (tertiary alicyclic amines) is 1. The normalized spacial score (nSPS) is 17.8. The number of hydrogen-bond donors (Lipinski definition) is 1. The monoisotopic (exact) mass is 280 g/mol. The second-order valence-corrected chi connectivity index (χ2v) is 6.27. The van der Waals surface area contributed by atoms with Gasteiger partial charge >= 0.3 is 6.01 Å². The Labute approximate surface area is 122 Å². The summed E-state index contributed by atoms with van der Waals surface area (Å²) in [6, 6.07) is 0.556. The molecule has 0 amide bonds. The highest BCUT2D eigenvalue weighted by Gasteiger charge is 2.14. The molecule has 2 heterocycles. The lowest BCUT2D eigenvalue weighted by Gasteiger charge is -2.30. The fourth-order valence-corrected chi connectivity index (χ4v) is 2.48. The summed E-state index contributed by atoms with van der Waals surface area (Å²) >= 11 is 0. The molecule has 1 fully saturated rings. The highest BCUT2D eigenvalue weighted by Crippen LogP contribution is 2.16. The van der Waals surface area contributed by atoms with E-state index in [0.29, 0.717) is 11.9 Å². The largest absolute Gasteiger partial charge is 0.338 e. The number of rotatable bonds is 7. The van der Waals surface area contributed by atoms with Crippen molar-refractivity contribution in [2.24, 2.45) is 5.92 Å². The molecule has 1 saturated heterocycles. The predicted molar refractivity (Wildman–Crippen MR) is 80.9 cm³/mol. The summed E-state index contributed by atoms with van der Waals surface area (Å²) in [5, 5.41) is 7.14. The van der Waals surface area contributed by atoms with Gasteiger partial charge in [0.1, 0.15) is 0 Å². The van der Waals surface area contributed by atoms with Crippen LogP contribution in [-0.4, -0.2) is 41.2 Å². The van der Waals surface area contributed by atoms with Gasteiger partial charge < -0.3 is 14.7 Å². The van der Waals surface area contributed by atoms with Gasteiger partial charge in [0.15, 0.2) is 5.82 Å². The van der Waals surface area contributed by atoms with Crippen molar-refractivity contribution in [1.82, 2.24) is 15.0 Å². The lowest BCUT2D eigenvalue weighted by atomic mass is 9.99. The van der Waals surface area contributed by atoms with Gasteiger partial charge in [-0.1, -0.05) is 25.9 Å². The molecule has 0 spiro atoms. The molecule has 0 saturated carbocycles. The molecule has 114 valence electrons. The molecule has 0 bridgehead atoms. The second-order valence-electron chi connectivity index (χ2n) is 6.27. The number of nitrogens with one attached hydrogen (secondary N) is 1. The van der Waals surface area contributed by atoms with Crippen LogP contribution in [0.4, 0.5) is 6.01 Å². The summed E-state index contributed by atoms with van der Waals surface area (Å²) in [5.41, 5.74) is 0. The third-order valence-electron chi connectivity index (χ3n) is 4.01. The summed E-state index contributed by atoms with van der Waals surface area (Å²) < 4.78 is 5.15. The van der Waals surface area contributed by atoms with E-state index in [0.717, 1.165) is 24.7 Å². The number of nitrogens with zero attached hydrogens (tertiary/aromatic N) is 3. The SMILES string of the molecule is CC1CCN(CCCCNc2nc(C(C)C)no2)CC1. The summed E-state index contributed by atoms with van der Waals surface area (Å²) in [7, 11) is 0. The molecule has 0 aromatic carbocycles. The van der Waals surface area contributed by atoms with E-state index in [1.54, 1.807) is 0 Å². The Morgan fingerprint density at radius 2 is 2.05 bits per heavy atom. The maximum absolute atomic E-state index is 5.15. The maximum Gasteiger partial charge on any atom is 0.321 e. The Kier molecular flexibility index (Phi) is 5.83. The molecule has 5 nitrogen and oxygen atoms in total. The maximum atomic E-state index is 5.15. The zero-order valence-electron chi connectivity index (χ0n) is 13.1. The van der Waals surface area contributed by atoms with E-state index in [-0.39, 0.29) is 0 Å². The molecule has 5 heteroatoms. The van der Waals surface area contributed by atoms with Gasteiger partial charge in [-0.3, -0.25) is 0 Å². The minimum absolute atomic E-state index is 0.316. The first kappa shape index (κ1) is 15.3. The van der Waals surface area contributed by atoms with Crippen molar-refractivity contribution in [2.75, 3.05) is 31.5 Å². The fourth-order valence-electron chi connectivity index (χ4n) is 2.48. The van der Waals surface area contributed by atoms with Crippen molar-refractivity contribution in [3.63, 3.8) is 0 Å². The van der Waals surface area contributed by atoms with Crippen molar-refractivity contribution in [1.29, 1.82) is 0 Å². The second kappa shape index (κ2) is 7.62. The third-order valence-corrected chi connectivity index (χ3v) is 4.01. The van der Waals surface area contributed by atoms with Crippen LogP contribution in [0.15, 0.2) is 4.52 Å². The molecule has 1 aromatic rings. The van der Waals surface area contributed by atoms with Crippen LogP contribution in [0, 0.1) is 5.92 Å². The van der Waals surface area contributed by atoms with Crippen LogP contribution in [0.25, 0.3) is 0 Å². The van der Waals surface area contributed by atoms with Crippen molar-refractivity contribution < 1.29 is 4.52 Å². The number of hydrogen-bond acceptors (Lipinski definition) is 5. The molecule has 0 radical (unpaired) electrons. The van der Waals surface area contributed by atoms with E-state index >= 15 is 0 Å². The van der Waals surface area contributed by atoms with Crippen molar-refractivity contribution in [2.45, 2.75) is 52.4 Å². The minimum atomic E-state index is 0.316. The molecule has 0 atom stereocenters. The van der Waals surface area contributed by atoms with Crippen LogP contribution in [0.5, 0.6) is 0 Å². The van der Waals surface area contributed by atoms with Crippen LogP contribution in [-0.2, 0) is 0 Å². The molecule has 0 unspecified atom stereocenters. The van der Waals surface area contributed by atoms with Gasteiger partial charge in [-0.15, -0.1) is 0 Å². The topological polar surface area (TPSA) is 54.2 Å². The number of aromatic nitrogens is 2. The molecule has 1 aromatic heterocycles. The number of piperidine rings is 1. The molecular formula is C15H28N4O. The van der Waals surface area contributed by atoms with Gasteiger partial charge in [-0.25, -0.2) is 0 Å². The standard InChI is InChI=1S/C15H28N4O/c1-12(2)14-17-15(20-18-14)16-8-4-5-9-19-10-6-13(3)7-11-19/h12-13H,4-11H2,1-3H3,(H,16,17,18). The van der Waals surface area contributed by atoms with E-state index in [1.807, 2.05) is 0 Å². The van der Waals surface area contributed by atoms with Crippen molar-refractivity contribution in [3.8, 4) is 0 Å². The Morgan fingerprint density at radius 1 is 1.30 bits per heavy atom. The average molecular weight is 280 g/mol. The minimum Gasteiger partial charge on any atom is -0.338 e. The molecule has 1 aliphatic rings. The first-order chi connectivity index (χ1) is 9.65. The van der Waals surface area contributed by atoms with Crippen LogP contribution in [0.2, 0.25) is 0 Å². The Bertz CT molecular complexity index is 383. The van der Waals surface area contributed by atoms with Crippen molar-refractivity contribution in [3.05, 3.63) is 5.82 Å². The van der Waals surface area contributed by atoms with E-state index in [9.17, 15) is 0 Å². The average Bonchev–Trinajstić information content (AvgIpc) is 2.89. The van der Waals surface area contributed by atoms with Gasteiger partial charge in [0.05, 0.1) is 0 Å². The molecular weight excluding hydrogens is 252 g/mol. The zero-order chi connectivity index (χ0) is 14.4. The summed E-state index contributed by atoms with van der Waals surface area (Å²) in [4.78, 5) is 6.89. The van der Waals surface area contributed by atoms with Gasteiger partial charge in [-0.05, 0) is 51.2 Å². The number of unbranched alkanes of at least 4 members (excludes halogenated alkanes) is 1. The fraction of sp³-hybridized carbons (Fsp3) is 0.867. The Morgan fingerprint density at radius 3 is 2.70 bits per heavy atom. The first-order valence-electron chi connectivity index (χ1n) is 7.95. The van der Waals surface area contributed by atoms with Gasteiger partial charge in [0.25, 0.3) is 0 Å². The summed E-state index contributed by atoms with van der Waals surface area (Å²) in [5.74, 6) is 2.01. The predicted octanol–water partition coefficient (Wildman–Crippen LogP) is 3.12. The van der Waals surface area contributed by atoms with Crippen LogP contribution < -0.4 is 5.32 Å². The van der Waals surface area contributed by atoms with Crippen molar-refractivity contribution >= 4 is 6.01 Å². The Balaban J connectivity index is 1.55. The van der Waals surface area contributed by atoms with E-state index in [2.05, 4.69) is 41.1 Å². The smallest absolute Gasteiger partial charge is 0.321 e. The number of anilines is 1. The molecule has 20 heavy (non-hydrogen) atoms. The molecule has 0 aliphatic carbocycles. The van der Waals surface area contributed by atoms with Crippen LogP contribution in [0.1, 0.15) is 58.2 Å².